The van der Waals surface area contributed by atoms with Crippen molar-refractivity contribution in [1.82, 2.24) is 10.4 Å². The van der Waals surface area contributed by atoms with Gasteiger partial charge in [-0.3, -0.25) is 4.98 Å². The maximum Gasteiger partial charge on any atom is 0.332 e. The summed E-state index contributed by atoms with van der Waals surface area (Å²) >= 11 is 5.82. The average Bonchev–Trinajstić information content (AvgIpc) is 2.46. The molecule has 0 unspecified atom stereocenters. The van der Waals surface area contributed by atoms with E-state index in [4.69, 9.17) is 17.3 Å². The highest BCUT2D eigenvalue weighted by Crippen LogP contribution is 2.14. The summed E-state index contributed by atoms with van der Waals surface area (Å²) in [5.41, 5.74) is 8.50. The van der Waals surface area contributed by atoms with E-state index in [0.29, 0.717) is 16.6 Å². The average molecular weight is 290 g/mol. The first kappa shape index (κ1) is 13.8. The molecule has 0 saturated heterocycles. The largest absolute Gasteiger partial charge is 0.350 e. The number of hydrogen-bond donors (Lipinski definition) is 3. The van der Waals surface area contributed by atoms with Crippen LogP contribution in [0.2, 0.25) is 5.02 Å². The number of amidine groups is 1. The molecular weight excluding hydrogens is 278 g/mol. The quantitative estimate of drug-likeness (QED) is 0.459. The summed E-state index contributed by atoms with van der Waals surface area (Å²) in [7, 11) is 0. The third-order valence-corrected chi connectivity index (χ3v) is 2.54. The molecule has 0 bridgehead atoms. The first-order chi connectivity index (χ1) is 9.65. The van der Waals surface area contributed by atoms with E-state index in [2.05, 4.69) is 20.8 Å². The lowest BCUT2D eigenvalue weighted by molar-refractivity contribution is 0.249. The number of nitrogens with two attached hydrogens (primary N) is 1. The topological polar surface area (TPSA) is 92.4 Å². The van der Waals surface area contributed by atoms with Gasteiger partial charge in [0, 0.05) is 16.9 Å². The number of amides is 2. The third kappa shape index (κ3) is 3.96. The second-order valence-electron chi connectivity index (χ2n) is 3.78. The molecule has 0 atom stereocenters. The van der Waals surface area contributed by atoms with Crippen LogP contribution in [0.15, 0.2) is 53.8 Å². The van der Waals surface area contributed by atoms with Crippen molar-refractivity contribution in [1.29, 1.82) is 0 Å². The fourth-order valence-electron chi connectivity index (χ4n) is 1.43. The van der Waals surface area contributed by atoms with Gasteiger partial charge in [-0.2, -0.15) is 5.10 Å². The van der Waals surface area contributed by atoms with Crippen molar-refractivity contribution in [3.63, 3.8) is 0 Å². The Hall–Kier alpha value is -2.60. The second-order valence-corrected chi connectivity index (χ2v) is 4.22. The summed E-state index contributed by atoms with van der Waals surface area (Å²) < 4.78 is 0. The van der Waals surface area contributed by atoms with Gasteiger partial charge in [-0.1, -0.05) is 17.7 Å². The van der Waals surface area contributed by atoms with Gasteiger partial charge < -0.3 is 11.1 Å². The Labute approximate surface area is 120 Å². The molecular formula is C13H12ClN5O. The Morgan fingerprint density at radius 2 is 1.95 bits per heavy atom. The number of aromatic nitrogens is 1. The Bertz CT molecular complexity index is 612. The zero-order valence-electron chi connectivity index (χ0n) is 10.4. The van der Waals surface area contributed by atoms with Gasteiger partial charge in [-0.05, 0) is 36.4 Å². The monoisotopic (exact) mass is 289 g/mol. The number of hydrazone groups is 1. The van der Waals surface area contributed by atoms with Crippen LogP contribution in [0, 0.1) is 0 Å². The fraction of sp³-hybridized carbons (Fsp3) is 0. The number of primary amides is 1. The summed E-state index contributed by atoms with van der Waals surface area (Å²) in [5, 5.41) is 7.56. The van der Waals surface area contributed by atoms with Crippen molar-refractivity contribution in [3.05, 3.63) is 59.4 Å². The number of benzene rings is 1. The Morgan fingerprint density at radius 1 is 1.20 bits per heavy atom. The van der Waals surface area contributed by atoms with Crippen molar-refractivity contribution in [2.24, 2.45) is 10.8 Å². The standard InChI is InChI=1S/C13H12ClN5O/c14-9-4-6-10(7-5-9)17-12(18-19-13(15)20)11-3-1-2-8-16-11/h1-8H,(H,17,18)(H3,15,19,20). The van der Waals surface area contributed by atoms with Gasteiger partial charge in [0.15, 0.2) is 5.84 Å². The molecule has 4 N–H and O–H groups in total. The highest BCUT2D eigenvalue weighted by atomic mass is 35.5. The lowest BCUT2D eigenvalue weighted by atomic mass is 10.3. The van der Waals surface area contributed by atoms with E-state index < -0.39 is 6.03 Å². The summed E-state index contributed by atoms with van der Waals surface area (Å²) in [6.45, 7) is 0. The molecule has 1 heterocycles. The summed E-state index contributed by atoms with van der Waals surface area (Å²) in [6, 6.07) is 11.6. The van der Waals surface area contributed by atoms with Crippen LogP contribution in [0.4, 0.5) is 10.5 Å². The minimum Gasteiger partial charge on any atom is -0.350 e. The number of carbonyl (C=O) groups excluding carboxylic acids is 1. The molecule has 0 aliphatic rings. The van der Waals surface area contributed by atoms with Crippen LogP contribution in [0.25, 0.3) is 0 Å². The lowest BCUT2D eigenvalue weighted by Gasteiger charge is -2.09. The molecule has 20 heavy (non-hydrogen) atoms. The van der Waals surface area contributed by atoms with Crippen molar-refractivity contribution in [3.8, 4) is 0 Å². The minimum atomic E-state index is -0.753. The van der Waals surface area contributed by atoms with Gasteiger partial charge >= 0.3 is 6.03 Å². The molecule has 2 aromatic rings. The molecule has 6 nitrogen and oxygen atoms in total. The maximum atomic E-state index is 10.8. The second kappa shape index (κ2) is 6.53. The minimum absolute atomic E-state index is 0.367. The number of urea groups is 1. The van der Waals surface area contributed by atoms with Crippen molar-refractivity contribution in [2.75, 3.05) is 5.32 Å². The van der Waals surface area contributed by atoms with Gasteiger partial charge in [0.05, 0.1) is 0 Å². The van der Waals surface area contributed by atoms with Crippen LogP contribution in [-0.2, 0) is 0 Å². The van der Waals surface area contributed by atoms with Gasteiger partial charge in [0.2, 0.25) is 0 Å². The maximum absolute atomic E-state index is 10.8. The van der Waals surface area contributed by atoms with Crippen LogP contribution >= 0.6 is 11.6 Å². The third-order valence-electron chi connectivity index (χ3n) is 2.29. The summed E-state index contributed by atoms with van der Waals surface area (Å²) in [4.78, 5) is 14.9. The van der Waals surface area contributed by atoms with E-state index >= 15 is 0 Å². The van der Waals surface area contributed by atoms with Crippen LogP contribution in [0.5, 0.6) is 0 Å². The van der Waals surface area contributed by atoms with E-state index in [1.165, 1.54) is 0 Å². The van der Waals surface area contributed by atoms with E-state index in [9.17, 15) is 4.79 Å². The fourth-order valence-corrected chi connectivity index (χ4v) is 1.56. The number of carbonyl (C=O) groups is 1. The number of nitrogens with zero attached hydrogens (tertiary/aromatic N) is 2. The number of rotatable bonds is 3. The van der Waals surface area contributed by atoms with Crippen molar-refractivity contribution >= 4 is 29.2 Å². The Kier molecular flexibility index (Phi) is 4.52. The van der Waals surface area contributed by atoms with Crippen LogP contribution in [0.3, 0.4) is 0 Å². The zero-order valence-corrected chi connectivity index (χ0v) is 11.1. The first-order valence-electron chi connectivity index (χ1n) is 5.72. The zero-order chi connectivity index (χ0) is 14.4. The van der Waals surface area contributed by atoms with Crippen LogP contribution < -0.4 is 16.5 Å². The molecule has 102 valence electrons. The number of anilines is 1. The van der Waals surface area contributed by atoms with E-state index in [0.717, 1.165) is 5.69 Å². The molecule has 0 radical (unpaired) electrons. The SMILES string of the molecule is NC(=O)NN=C(Nc1ccc(Cl)cc1)c1ccccn1. The number of nitrogens with one attached hydrogen (secondary N) is 2. The molecule has 0 aliphatic heterocycles. The highest BCUT2D eigenvalue weighted by molar-refractivity contribution is 6.30. The summed E-state index contributed by atoms with van der Waals surface area (Å²) in [5.74, 6) is 0.367. The molecule has 0 spiro atoms. The smallest absolute Gasteiger partial charge is 0.332 e. The van der Waals surface area contributed by atoms with Crippen molar-refractivity contribution < 1.29 is 4.79 Å². The number of hydrogen-bond acceptors (Lipinski definition) is 3. The van der Waals surface area contributed by atoms with Crippen LogP contribution in [0.1, 0.15) is 5.69 Å². The van der Waals surface area contributed by atoms with E-state index in [1.807, 2.05) is 6.07 Å². The van der Waals surface area contributed by atoms with Gasteiger partial charge in [-0.25, -0.2) is 10.2 Å². The van der Waals surface area contributed by atoms with Crippen LogP contribution in [-0.4, -0.2) is 16.9 Å². The van der Waals surface area contributed by atoms with Gasteiger partial charge in [-0.15, -0.1) is 0 Å². The molecule has 0 fully saturated rings. The predicted molar refractivity (Wildman–Crippen MR) is 78.6 cm³/mol. The predicted octanol–water partition coefficient (Wildman–Crippen LogP) is 2.18. The lowest BCUT2D eigenvalue weighted by Crippen LogP contribution is -2.28. The molecule has 2 amide bonds. The molecule has 0 saturated carbocycles. The van der Waals surface area contributed by atoms with E-state index in [-0.39, 0.29) is 0 Å². The number of halogens is 1. The highest BCUT2D eigenvalue weighted by Gasteiger charge is 2.06. The Morgan fingerprint density at radius 3 is 2.55 bits per heavy atom. The summed E-state index contributed by atoms with van der Waals surface area (Å²) in [6.07, 6.45) is 1.62. The molecule has 7 heteroatoms. The normalized spacial score (nSPS) is 10.9. The van der Waals surface area contributed by atoms with Gasteiger partial charge in [0.1, 0.15) is 5.69 Å². The molecule has 0 aliphatic carbocycles. The molecule has 2 rings (SSSR count). The first-order valence-corrected chi connectivity index (χ1v) is 6.10. The van der Waals surface area contributed by atoms with Gasteiger partial charge in [0.25, 0.3) is 0 Å². The number of pyridine rings is 1. The Balaban J connectivity index is 2.25. The van der Waals surface area contributed by atoms with Crippen molar-refractivity contribution in [2.45, 2.75) is 0 Å². The van der Waals surface area contributed by atoms with E-state index in [1.54, 1.807) is 42.6 Å². The molecule has 1 aromatic carbocycles. The molecule has 1 aromatic heterocycles.